The van der Waals surface area contributed by atoms with Crippen molar-refractivity contribution in [3.05, 3.63) is 60.1 Å². The Morgan fingerprint density at radius 2 is 1.42 bits per heavy atom. The van der Waals surface area contributed by atoms with Gasteiger partial charge < -0.3 is 28.9 Å². The van der Waals surface area contributed by atoms with Crippen LogP contribution in [0.2, 0.25) is 0 Å². The van der Waals surface area contributed by atoms with Crippen LogP contribution in [0.5, 0.6) is 11.5 Å². The molecule has 4 aromatic rings. The second kappa shape index (κ2) is 12.2. The minimum absolute atomic E-state index is 0.00573. The van der Waals surface area contributed by atoms with E-state index in [9.17, 15) is 0 Å². The Balaban J connectivity index is 1.09. The molecule has 1 saturated carbocycles. The highest BCUT2D eigenvalue weighted by atomic mass is 16.5. The summed E-state index contributed by atoms with van der Waals surface area (Å²) in [6.07, 6.45) is 5.63. The van der Waals surface area contributed by atoms with Gasteiger partial charge in [-0.05, 0) is 89.9 Å². The zero-order chi connectivity index (χ0) is 31.0. The molecule has 2 heterocycles. The minimum Gasteiger partial charge on any atom is -0.490 e. The van der Waals surface area contributed by atoms with E-state index in [-0.39, 0.29) is 22.5 Å². The third-order valence-electron chi connectivity index (χ3n) is 9.00. The lowest BCUT2D eigenvalue weighted by Crippen LogP contribution is -2.45. The van der Waals surface area contributed by atoms with Crippen molar-refractivity contribution < 1.29 is 18.3 Å². The largest absolute Gasteiger partial charge is 0.490 e. The molecule has 2 aromatic carbocycles. The molecule has 6 heteroatoms. The first-order chi connectivity index (χ1) is 20.2. The average Bonchev–Trinajstić information content (AvgIpc) is 3.53. The molecule has 1 aliphatic carbocycles. The van der Waals surface area contributed by atoms with E-state index in [2.05, 4.69) is 96.4 Å². The minimum atomic E-state index is -0.0577. The molecule has 2 N–H and O–H groups in total. The summed E-state index contributed by atoms with van der Waals surface area (Å²) in [6, 6.07) is 17.3. The molecular weight excluding hydrogens is 536 g/mol. The van der Waals surface area contributed by atoms with Crippen LogP contribution in [0.25, 0.3) is 21.9 Å². The molecule has 1 aliphatic rings. The lowest BCUT2D eigenvalue weighted by molar-refractivity contribution is 0.0885. The number of rotatable bonds is 13. The molecule has 0 spiro atoms. The number of hydrogen-bond donors (Lipinski definition) is 2. The summed E-state index contributed by atoms with van der Waals surface area (Å²) in [5.74, 6) is 3.76. The summed E-state index contributed by atoms with van der Waals surface area (Å²) in [5.41, 5.74) is 1.70. The van der Waals surface area contributed by atoms with Crippen molar-refractivity contribution in [3.8, 4) is 11.5 Å². The van der Waals surface area contributed by atoms with Gasteiger partial charge in [-0.1, -0.05) is 41.0 Å². The maximum absolute atomic E-state index is 6.38. The van der Waals surface area contributed by atoms with E-state index in [1.165, 1.54) is 0 Å². The summed E-state index contributed by atoms with van der Waals surface area (Å²) in [7, 11) is 2.01. The molecule has 0 aliphatic heterocycles. The zero-order valence-electron chi connectivity index (χ0n) is 27.7. The van der Waals surface area contributed by atoms with Crippen LogP contribution in [0, 0.1) is 0 Å². The second-order valence-electron chi connectivity index (χ2n) is 15.0. The highest BCUT2D eigenvalue weighted by molar-refractivity contribution is 5.80. The molecular formula is C37H52N2O4. The predicted octanol–water partition coefficient (Wildman–Crippen LogP) is 8.89. The van der Waals surface area contributed by atoms with Crippen molar-refractivity contribution in [2.45, 2.75) is 122 Å². The van der Waals surface area contributed by atoms with Crippen molar-refractivity contribution in [3.63, 3.8) is 0 Å². The van der Waals surface area contributed by atoms with E-state index in [1.54, 1.807) is 0 Å². The van der Waals surface area contributed by atoms with Crippen molar-refractivity contribution in [2.24, 2.45) is 0 Å². The van der Waals surface area contributed by atoms with Gasteiger partial charge in [0.1, 0.15) is 46.4 Å². The van der Waals surface area contributed by atoms with Gasteiger partial charge in [-0.2, -0.15) is 0 Å². The van der Waals surface area contributed by atoms with Crippen LogP contribution in [0.4, 0.5) is 0 Å². The molecule has 1 atom stereocenters. The number of hydrogen-bond acceptors (Lipinski definition) is 6. The molecule has 6 nitrogen and oxygen atoms in total. The van der Waals surface area contributed by atoms with Crippen LogP contribution in [-0.4, -0.2) is 37.4 Å². The van der Waals surface area contributed by atoms with Crippen molar-refractivity contribution in [2.75, 3.05) is 13.6 Å². The van der Waals surface area contributed by atoms with Gasteiger partial charge in [-0.25, -0.2) is 0 Å². The molecule has 0 amide bonds. The number of ether oxygens (including phenoxy) is 2. The van der Waals surface area contributed by atoms with Crippen LogP contribution >= 0.6 is 0 Å². The van der Waals surface area contributed by atoms with Crippen molar-refractivity contribution >= 4 is 21.9 Å². The Morgan fingerprint density at radius 1 is 0.814 bits per heavy atom. The predicted molar refractivity (Wildman–Crippen MR) is 177 cm³/mol. The molecule has 5 rings (SSSR count). The van der Waals surface area contributed by atoms with Crippen LogP contribution in [0.1, 0.15) is 99.0 Å². The van der Waals surface area contributed by atoms with E-state index in [1.807, 2.05) is 25.2 Å². The van der Waals surface area contributed by atoms with E-state index in [0.717, 1.165) is 83.6 Å². The fourth-order valence-electron chi connectivity index (χ4n) is 5.84. The second-order valence-corrected chi connectivity index (χ2v) is 15.0. The Kier molecular flexibility index (Phi) is 8.93. The van der Waals surface area contributed by atoms with Gasteiger partial charge in [0, 0.05) is 51.9 Å². The van der Waals surface area contributed by atoms with Crippen LogP contribution < -0.4 is 20.1 Å². The van der Waals surface area contributed by atoms with Crippen LogP contribution in [-0.2, 0) is 10.8 Å². The third kappa shape index (κ3) is 7.77. The van der Waals surface area contributed by atoms with Gasteiger partial charge in [0.2, 0.25) is 0 Å². The smallest absolute Gasteiger partial charge is 0.137 e. The molecule has 43 heavy (non-hydrogen) atoms. The van der Waals surface area contributed by atoms with Crippen LogP contribution in [0.15, 0.2) is 57.4 Å². The molecule has 2 aromatic heterocycles. The fourth-order valence-corrected chi connectivity index (χ4v) is 5.84. The number of furan rings is 2. The Labute approximate surface area is 257 Å². The van der Waals surface area contributed by atoms with Gasteiger partial charge in [-0.3, -0.25) is 0 Å². The first-order valence-corrected chi connectivity index (χ1v) is 16.0. The molecule has 1 unspecified atom stereocenters. The Morgan fingerprint density at radius 3 is 2.07 bits per heavy atom. The fraction of sp³-hybridized carbons (Fsp3) is 0.568. The number of benzene rings is 2. The van der Waals surface area contributed by atoms with Gasteiger partial charge in [-0.15, -0.1) is 0 Å². The van der Waals surface area contributed by atoms with Gasteiger partial charge in [0.05, 0.1) is 0 Å². The monoisotopic (exact) mass is 588 g/mol. The van der Waals surface area contributed by atoms with E-state index < -0.39 is 0 Å². The van der Waals surface area contributed by atoms with Crippen molar-refractivity contribution in [1.82, 2.24) is 10.6 Å². The molecule has 0 saturated heterocycles. The molecule has 0 radical (unpaired) electrons. The van der Waals surface area contributed by atoms with E-state index >= 15 is 0 Å². The summed E-state index contributed by atoms with van der Waals surface area (Å²) >= 11 is 0. The van der Waals surface area contributed by atoms with Gasteiger partial charge in [0.25, 0.3) is 0 Å². The Bertz CT molecular complexity index is 1520. The third-order valence-corrected chi connectivity index (χ3v) is 9.00. The standard InChI is InChI=1S/C37H52N2O4/c1-24(40-28-13-11-25-17-33(35(2,3)4)42-31(25)21-28)23-39-37(7,8)16-10-15-36(5,6)34-18-26-12-14-29(22-32(26)43-34)41-30-19-27(20-30)38-9/h11-14,17-18,21-22,24,27,30,38-39H,10,15-16,19-20,23H2,1-9H3. The molecule has 0 bridgehead atoms. The highest BCUT2D eigenvalue weighted by Crippen LogP contribution is 2.36. The first kappa shape index (κ1) is 31.5. The maximum Gasteiger partial charge on any atom is 0.137 e. The van der Waals surface area contributed by atoms with Gasteiger partial charge in [0.15, 0.2) is 0 Å². The zero-order valence-corrected chi connectivity index (χ0v) is 27.7. The summed E-state index contributed by atoms with van der Waals surface area (Å²) in [5, 5.41) is 9.29. The lowest BCUT2D eigenvalue weighted by Gasteiger charge is -2.35. The number of nitrogens with one attached hydrogen (secondary N) is 2. The normalized spacial score (nSPS) is 18.6. The summed E-state index contributed by atoms with van der Waals surface area (Å²) < 4.78 is 24.9. The highest BCUT2D eigenvalue weighted by Gasteiger charge is 2.30. The van der Waals surface area contributed by atoms with Gasteiger partial charge >= 0.3 is 0 Å². The lowest BCUT2D eigenvalue weighted by atomic mass is 9.82. The topological polar surface area (TPSA) is 68.8 Å². The first-order valence-electron chi connectivity index (χ1n) is 16.0. The summed E-state index contributed by atoms with van der Waals surface area (Å²) in [6.45, 7) is 18.5. The van der Waals surface area contributed by atoms with Crippen LogP contribution in [0.3, 0.4) is 0 Å². The average molecular weight is 589 g/mol. The van der Waals surface area contributed by atoms with Crippen molar-refractivity contribution in [1.29, 1.82) is 0 Å². The SMILES string of the molecule is CNC1CC(Oc2ccc3cc(C(C)(C)CCCC(C)(C)NCC(C)Oc4ccc5cc(C(C)(C)C)oc5c4)oc3c2)C1. The Hall–Kier alpha value is -2.96. The quantitative estimate of drug-likeness (QED) is 0.163. The maximum atomic E-state index is 6.38. The van der Waals surface area contributed by atoms with E-state index in [4.69, 9.17) is 18.3 Å². The summed E-state index contributed by atoms with van der Waals surface area (Å²) in [4.78, 5) is 0. The molecule has 1 fully saturated rings. The van der Waals surface area contributed by atoms with E-state index in [0.29, 0.717) is 12.1 Å². The molecule has 234 valence electrons. The number of fused-ring (bicyclic) bond motifs is 2.